The first kappa shape index (κ1) is 18.2. The lowest BCUT2D eigenvalue weighted by molar-refractivity contribution is -0.116. The highest BCUT2D eigenvalue weighted by Gasteiger charge is 2.18. The first-order valence-electron chi connectivity index (χ1n) is 8.48. The van der Waals surface area contributed by atoms with E-state index in [0.29, 0.717) is 6.42 Å². The molecule has 0 heterocycles. The normalized spacial score (nSPS) is 11.5. The van der Waals surface area contributed by atoms with Gasteiger partial charge in [0.1, 0.15) is 0 Å². The van der Waals surface area contributed by atoms with Crippen LogP contribution >= 0.6 is 0 Å². The Morgan fingerprint density at radius 1 is 1.00 bits per heavy atom. The number of para-hydroxylation sites is 1. The van der Waals surface area contributed by atoms with Crippen LogP contribution < -0.4 is 5.32 Å². The fourth-order valence-corrected chi connectivity index (χ4v) is 2.73. The summed E-state index contributed by atoms with van der Waals surface area (Å²) < 4.78 is 0. The second kappa shape index (κ2) is 8.11. The van der Waals surface area contributed by atoms with Gasteiger partial charge in [0.25, 0.3) is 0 Å². The molecule has 0 spiro atoms. The van der Waals surface area contributed by atoms with Gasteiger partial charge in [0, 0.05) is 25.2 Å². The van der Waals surface area contributed by atoms with Crippen molar-refractivity contribution in [2.75, 3.05) is 18.9 Å². The van der Waals surface area contributed by atoms with Gasteiger partial charge in [0.15, 0.2) is 0 Å². The Morgan fingerprint density at radius 3 is 2.29 bits per heavy atom. The SMILES string of the molecule is CN(CCC(=O)Nc1ccccc1C(C)(C)C)Cc1ccccc1. The number of carbonyl (C=O) groups excluding carboxylic acids is 1. The molecule has 2 aromatic rings. The van der Waals surface area contributed by atoms with Crippen LogP contribution in [0.5, 0.6) is 0 Å². The van der Waals surface area contributed by atoms with Gasteiger partial charge in [-0.2, -0.15) is 0 Å². The van der Waals surface area contributed by atoms with Crippen LogP contribution in [0.15, 0.2) is 54.6 Å². The number of nitrogens with one attached hydrogen (secondary N) is 1. The van der Waals surface area contributed by atoms with Gasteiger partial charge in [-0.1, -0.05) is 69.3 Å². The molecule has 0 radical (unpaired) electrons. The minimum Gasteiger partial charge on any atom is -0.326 e. The third-order valence-electron chi connectivity index (χ3n) is 4.03. The quantitative estimate of drug-likeness (QED) is 0.851. The average molecular weight is 324 g/mol. The van der Waals surface area contributed by atoms with Crippen LogP contribution in [0.4, 0.5) is 5.69 Å². The van der Waals surface area contributed by atoms with Crippen LogP contribution in [0.25, 0.3) is 0 Å². The van der Waals surface area contributed by atoms with Crippen LogP contribution in [0, 0.1) is 0 Å². The topological polar surface area (TPSA) is 32.3 Å². The highest BCUT2D eigenvalue weighted by Crippen LogP contribution is 2.29. The molecule has 0 saturated carbocycles. The van der Waals surface area contributed by atoms with Crippen molar-refractivity contribution in [3.8, 4) is 0 Å². The summed E-state index contributed by atoms with van der Waals surface area (Å²) in [4.78, 5) is 14.5. The number of hydrogen-bond acceptors (Lipinski definition) is 2. The number of amides is 1. The molecule has 0 aliphatic heterocycles. The summed E-state index contributed by atoms with van der Waals surface area (Å²) in [5.41, 5.74) is 3.35. The fraction of sp³-hybridized carbons (Fsp3) is 0.381. The lowest BCUT2D eigenvalue weighted by atomic mass is 9.86. The molecule has 24 heavy (non-hydrogen) atoms. The number of carbonyl (C=O) groups is 1. The van der Waals surface area contributed by atoms with Crippen molar-refractivity contribution in [2.24, 2.45) is 0 Å². The number of benzene rings is 2. The van der Waals surface area contributed by atoms with Gasteiger partial charge in [-0.05, 0) is 29.7 Å². The van der Waals surface area contributed by atoms with Crippen molar-refractivity contribution < 1.29 is 4.79 Å². The molecule has 0 fully saturated rings. The van der Waals surface area contributed by atoms with E-state index in [9.17, 15) is 4.79 Å². The van der Waals surface area contributed by atoms with Crippen LogP contribution in [0.1, 0.15) is 38.3 Å². The van der Waals surface area contributed by atoms with E-state index in [0.717, 1.165) is 24.3 Å². The molecule has 3 heteroatoms. The molecular weight excluding hydrogens is 296 g/mol. The second-order valence-corrected chi connectivity index (χ2v) is 7.32. The maximum absolute atomic E-state index is 12.3. The van der Waals surface area contributed by atoms with Gasteiger partial charge in [-0.15, -0.1) is 0 Å². The molecule has 0 unspecified atom stereocenters. The molecule has 0 aromatic heterocycles. The standard InChI is InChI=1S/C21H28N2O/c1-21(2,3)18-12-8-9-13-19(18)22-20(24)14-15-23(4)16-17-10-6-5-7-11-17/h5-13H,14-16H2,1-4H3,(H,22,24). The van der Waals surface area contributed by atoms with E-state index in [2.05, 4.69) is 49.2 Å². The molecule has 128 valence electrons. The Morgan fingerprint density at radius 2 is 1.62 bits per heavy atom. The van der Waals surface area contributed by atoms with Crippen molar-refractivity contribution in [1.82, 2.24) is 4.90 Å². The summed E-state index contributed by atoms with van der Waals surface area (Å²) in [6, 6.07) is 18.4. The van der Waals surface area contributed by atoms with Gasteiger partial charge < -0.3 is 10.2 Å². The maximum atomic E-state index is 12.3. The molecule has 0 aliphatic rings. The molecule has 0 atom stereocenters. The zero-order valence-electron chi connectivity index (χ0n) is 15.2. The van der Waals surface area contributed by atoms with E-state index in [1.807, 2.05) is 43.4 Å². The predicted molar refractivity (Wildman–Crippen MR) is 101 cm³/mol. The van der Waals surface area contributed by atoms with E-state index >= 15 is 0 Å². The van der Waals surface area contributed by atoms with Crippen LogP contribution in [0.3, 0.4) is 0 Å². The first-order valence-corrected chi connectivity index (χ1v) is 8.48. The first-order chi connectivity index (χ1) is 11.4. The van der Waals surface area contributed by atoms with Crippen molar-refractivity contribution in [2.45, 2.75) is 39.2 Å². The average Bonchev–Trinajstić information content (AvgIpc) is 2.53. The second-order valence-electron chi connectivity index (χ2n) is 7.32. The number of nitrogens with zero attached hydrogens (tertiary/aromatic N) is 1. The monoisotopic (exact) mass is 324 g/mol. The highest BCUT2D eigenvalue weighted by molar-refractivity contribution is 5.91. The Kier molecular flexibility index (Phi) is 6.16. The van der Waals surface area contributed by atoms with E-state index in [1.54, 1.807) is 0 Å². The van der Waals surface area contributed by atoms with Gasteiger partial charge >= 0.3 is 0 Å². The Labute approximate surface area is 145 Å². The number of anilines is 1. The van der Waals surface area contributed by atoms with E-state index in [4.69, 9.17) is 0 Å². The summed E-state index contributed by atoms with van der Waals surface area (Å²) in [6.45, 7) is 8.06. The van der Waals surface area contributed by atoms with Gasteiger partial charge in [-0.3, -0.25) is 4.79 Å². The largest absolute Gasteiger partial charge is 0.326 e. The minimum absolute atomic E-state index is 0.00791. The molecule has 2 aromatic carbocycles. The van der Waals surface area contributed by atoms with Gasteiger partial charge in [0.2, 0.25) is 5.91 Å². The van der Waals surface area contributed by atoms with Crippen molar-refractivity contribution in [1.29, 1.82) is 0 Å². The van der Waals surface area contributed by atoms with Crippen LogP contribution in [-0.4, -0.2) is 24.4 Å². The summed E-state index contributed by atoms with van der Waals surface area (Å²) in [5, 5.41) is 3.07. The number of rotatable bonds is 6. The molecule has 1 amide bonds. The maximum Gasteiger partial charge on any atom is 0.225 e. The Hall–Kier alpha value is -2.13. The molecule has 0 aliphatic carbocycles. The van der Waals surface area contributed by atoms with Gasteiger partial charge in [0.05, 0.1) is 0 Å². The lowest BCUT2D eigenvalue weighted by Crippen LogP contribution is -2.25. The van der Waals surface area contributed by atoms with Crippen molar-refractivity contribution in [3.05, 3.63) is 65.7 Å². The van der Waals surface area contributed by atoms with Crippen LogP contribution in [0.2, 0.25) is 0 Å². The van der Waals surface area contributed by atoms with Crippen molar-refractivity contribution >= 4 is 11.6 Å². The highest BCUT2D eigenvalue weighted by atomic mass is 16.1. The Bertz CT molecular complexity index is 659. The third kappa shape index (κ3) is 5.50. The van der Waals surface area contributed by atoms with Crippen molar-refractivity contribution in [3.63, 3.8) is 0 Å². The smallest absolute Gasteiger partial charge is 0.225 e. The molecular formula is C21H28N2O. The van der Waals surface area contributed by atoms with Crippen LogP contribution in [-0.2, 0) is 16.8 Å². The molecule has 1 N–H and O–H groups in total. The third-order valence-corrected chi connectivity index (χ3v) is 4.03. The zero-order chi connectivity index (χ0) is 17.6. The lowest BCUT2D eigenvalue weighted by Gasteiger charge is -2.23. The summed E-state index contributed by atoms with van der Waals surface area (Å²) in [7, 11) is 2.05. The molecule has 0 bridgehead atoms. The van der Waals surface area contributed by atoms with Gasteiger partial charge in [-0.25, -0.2) is 0 Å². The summed E-state index contributed by atoms with van der Waals surface area (Å²) in [5.74, 6) is 0.0617. The Balaban J connectivity index is 1.88. The molecule has 3 nitrogen and oxygen atoms in total. The van der Waals surface area contributed by atoms with E-state index in [1.165, 1.54) is 5.56 Å². The van der Waals surface area contributed by atoms with E-state index < -0.39 is 0 Å². The van der Waals surface area contributed by atoms with E-state index in [-0.39, 0.29) is 11.3 Å². The molecule has 0 saturated heterocycles. The fourth-order valence-electron chi connectivity index (χ4n) is 2.73. The summed E-state index contributed by atoms with van der Waals surface area (Å²) in [6.07, 6.45) is 0.488. The minimum atomic E-state index is 0.00791. The number of hydrogen-bond donors (Lipinski definition) is 1. The predicted octanol–water partition coefficient (Wildman–Crippen LogP) is 4.44. The summed E-state index contributed by atoms with van der Waals surface area (Å²) >= 11 is 0. The molecule has 2 rings (SSSR count). The zero-order valence-corrected chi connectivity index (χ0v) is 15.2.